The van der Waals surface area contributed by atoms with Gasteiger partial charge in [0.25, 0.3) is 0 Å². The predicted octanol–water partition coefficient (Wildman–Crippen LogP) is 4.48. The molecule has 14 heteroatoms. The maximum atomic E-state index is 13.5. The number of alkyl carbamates (subject to hydrolysis) is 2. The largest absolute Gasteiger partial charge is 0.453 e. The number of rotatable bonds is 9. The molecule has 1 aromatic heterocycles. The van der Waals surface area contributed by atoms with Crippen molar-refractivity contribution in [2.24, 2.45) is 11.8 Å². The van der Waals surface area contributed by atoms with Gasteiger partial charge in [0.1, 0.15) is 24.1 Å². The minimum atomic E-state index is -0.696. The number of hydrogen-bond acceptors (Lipinski definition) is 9. The van der Waals surface area contributed by atoms with Crippen molar-refractivity contribution < 1.29 is 28.7 Å². The zero-order valence-electron chi connectivity index (χ0n) is 31.0. The molecule has 8 rings (SSSR count). The minimum Gasteiger partial charge on any atom is -0.453 e. The molecule has 2 saturated heterocycles. The topological polar surface area (TPSA) is 170 Å². The third-order valence-electron chi connectivity index (χ3n) is 12.2. The third kappa shape index (κ3) is 6.41. The fourth-order valence-corrected chi connectivity index (χ4v) is 9.58. The van der Waals surface area contributed by atoms with Gasteiger partial charge < -0.3 is 45.5 Å². The number of carbonyl (C=O) groups excluding carboxylic acids is 4. The molecule has 14 nitrogen and oxygen atoms in total. The molecule has 4 fully saturated rings. The first-order valence-corrected chi connectivity index (χ1v) is 19.0. The first kappa shape index (κ1) is 35.5. The summed E-state index contributed by atoms with van der Waals surface area (Å²) in [5.74, 6) is 1.28. The minimum absolute atomic E-state index is 0.0237. The van der Waals surface area contributed by atoms with Gasteiger partial charge in [0.05, 0.1) is 43.9 Å². The number of methoxy groups -OCH3 is 2. The van der Waals surface area contributed by atoms with Crippen LogP contribution in [0.3, 0.4) is 0 Å². The molecule has 5 N–H and O–H groups in total. The highest BCUT2D eigenvalue weighted by molar-refractivity contribution is 5.87. The number of likely N-dealkylation sites (tertiary alicyclic amines) is 2. The molecular weight excluding hydrogens is 688 g/mol. The smallest absolute Gasteiger partial charge is 0.407 e. The van der Waals surface area contributed by atoms with Crippen LogP contribution in [-0.4, -0.2) is 94.4 Å². The van der Waals surface area contributed by atoms with Crippen molar-refractivity contribution in [2.45, 2.75) is 94.8 Å². The SMILES string of the molecule is COC(=O)N[C@@H](C)C(=O)N1[C@@H]2CC[C@@H](C2)[C@H]1c1ncc(-c2ccc(-c3ccc(C4=CNC([C@@H]5[C@H]6CC[C@H](C6)N5C(=O)[C@H](C)NC(=O)OC)N4)cc3)cc2)[nH]1. The van der Waals surface area contributed by atoms with Crippen molar-refractivity contribution in [3.63, 3.8) is 0 Å². The van der Waals surface area contributed by atoms with E-state index in [1.807, 2.05) is 22.2 Å². The molecular formula is C40H48N8O6. The van der Waals surface area contributed by atoms with E-state index in [2.05, 4.69) is 74.8 Å². The Morgan fingerprint density at radius 2 is 1.28 bits per heavy atom. The number of fused-ring (bicyclic) bond motifs is 4. The lowest BCUT2D eigenvalue weighted by molar-refractivity contribution is -0.138. The van der Waals surface area contributed by atoms with Gasteiger partial charge in [-0.1, -0.05) is 48.5 Å². The number of nitrogens with zero attached hydrogens (tertiary/aromatic N) is 3. The first-order valence-electron chi connectivity index (χ1n) is 19.0. The maximum absolute atomic E-state index is 13.5. The van der Waals surface area contributed by atoms with Crippen LogP contribution in [0.5, 0.6) is 0 Å². The van der Waals surface area contributed by atoms with Gasteiger partial charge >= 0.3 is 12.2 Å². The van der Waals surface area contributed by atoms with Crippen LogP contribution in [0.1, 0.15) is 69.8 Å². The standard InChI is InChI=1S/C40H48N8O6/c1-21(43-39(51)53-3)37(49)47-29-15-13-27(17-29)33(47)35-41-19-31(45-35)25-9-5-23(6-10-25)24-7-11-26(12-8-24)32-20-42-36(46-32)34-28-14-16-30(18-28)48(34)38(50)22(2)44-40(52)54-4/h5-12,19-22,27-30,33-35,41,45H,13-18H2,1-4H3,(H,42,46)(H,43,51)(H,44,52)/t21-,22-,27-,28-,29+,30+,33-,34-,35?/m0/s1. The molecule has 0 radical (unpaired) electrons. The summed E-state index contributed by atoms with van der Waals surface area (Å²) in [4.78, 5) is 62.7. The van der Waals surface area contributed by atoms with Crippen molar-refractivity contribution >= 4 is 29.7 Å². The Morgan fingerprint density at radius 1 is 0.741 bits per heavy atom. The van der Waals surface area contributed by atoms with Crippen molar-refractivity contribution in [3.05, 3.63) is 72.3 Å². The monoisotopic (exact) mass is 736 g/mol. The molecule has 284 valence electrons. The van der Waals surface area contributed by atoms with Gasteiger partial charge in [-0.25, -0.2) is 14.6 Å². The number of imidazole rings is 1. The zero-order chi connectivity index (χ0) is 37.7. The molecule has 5 aliphatic rings. The van der Waals surface area contributed by atoms with Crippen molar-refractivity contribution in [3.8, 4) is 22.4 Å². The van der Waals surface area contributed by atoms with Crippen molar-refractivity contribution in [1.82, 2.24) is 41.0 Å². The number of aromatic nitrogens is 2. The summed E-state index contributed by atoms with van der Waals surface area (Å²) in [6.07, 6.45) is 8.45. The van der Waals surface area contributed by atoms with E-state index < -0.39 is 24.3 Å². The van der Waals surface area contributed by atoms with Gasteiger partial charge in [-0.05, 0) is 86.5 Å². The van der Waals surface area contributed by atoms with E-state index in [0.717, 1.165) is 78.0 Å². The zero-order valence-corrected chi connectivity index (χ0v) is 31.0. The van der Waals surface area contributed by atoms with Crippen molar-refractivity contribution in [2.75, 3.05) is 14.2 Å². The molecule has 4 bridgehead atoms. The number of H-pyrrole nitrogens is 1. The number of nitrogens with one attached hydrogen (secondary N) is 5. The molecule has 9 atom stereocenters. The van der Waals surface area contributed by atoms with Gasteiger partial charge in [-0.15, -0.1) is 0 Å². The number of ether oxygens (including phenoxy) is 2. The van der Waals surface area contributed by atoms with Crippen molar-refractivity contribution in [1.29, 1.82) is 0 Å². The molecule has 0 spiro atoms. The molecule has 2 saturated carbocycles. The van der Waals surface area contributed by atoms with E-state index in [4.69, 9.17) is 14.5 Å². The number of amides is 4. The molecule has 4 heterocycles. The fourth-order valence-electron chi connectivity index (χ4n) is 9.58. The van der Waals surface area contributed by atoms with Crippen LogP contribution in [0.25, 0.3) is 28.1 Å². The van der Waals surface area contributed by atoms with Crippen LogP contribution in [0.2, 0.25) is 0 Å². The Kier molecular flexibility index (Phi) is 9.44. The second-order valence-electron chi connectivity index (χ2n) is 15.3. The van der Waals surface area contributed by atoms with E-state index in [1.54, 1.807) is 13.8 Å². The lowest BCUT2D eigenvalue weighted by atomic mass is 9.95. The molecule has 3 aromatic rings. The number of hydrogen-bond donors (Lipinski definition) is 5. The first-order chi connectivity index (χ1) is 26.1. The van der Waals surface area contributed by atoms with E-state index in [9.17, 15) is 19.2 Å². The average Bonchev–Trinajstić information content (AvgIpc) is 4.06. The van der Waals surface area contributed by atoms with E-state index in [-0.39, 0.29) is 42.1 Å². The normalized spacial score (nSPS) is 27.5. The summed E-state index contributed by atoms with van der Waals surface area (Å²) >= 11 is 0. The maximum Gasteiger partial charge on any atom is 0.407 e. The highest BCUT2D eigenvalue weighted by Gasteiger charge is 2.53. The molecule has 2 aromatic carbocycles. The van der Waals surface area contributed by atoms with Crippen LogP contribution in [-0.2, 0) is 19.1 Å². The summed E-state index contributed by atoms with van der Waals surface area (Å²) < 4.78 is 9.42. The second kappa shape index (κ2) is 14.4. The highest BCUT2D eigenvalue weighted by atomic mass is 16.5. The number of benzene rings is 2. The van der Waals surface area contributed by atoms with Crippen LogP contribution in [0.4, 0.5) is 9.59 Å². The fraction of sp³-hybridized carbons (Fsp3) is 0.475. The summed E-state index contributed by atoms with van der Waals surface area (Å²) in [5, 5.41) is 12.4. The number of carbonyl (C=O) groups is 4. The van der Waals surface area contributed by atoms with Crippen LogP contribution in [0.15, 0.2) is 60.9 Å². The Morgan fingerprint density at radius 3 is 1.91 bits per heavy atom. The summed E-state index contributed by atoms with van der Waals surface area (Å²) in [7, 11) is 2.58. The lowest BCUT2D eigenvalue weighted by Gasteiger charge is -2.40. The van der Waals surface area contributed by atoms with Gasteiger partial charge in [0.2, 0.25) is 11.8 Å². The highest BCUT2D eigenvalue weighted by Crippen LogP contribution is 2.50. The molecule has 54 heavy (non-hydrogen) atoms. The van der Waals surface area contributed by atoms with Crippen LogP contribution < -0.4 is 21.3 Å². The Labute approximate surface area is 314 Å². The van der Waals surface area contributed by atoms with Gasteiger partial charge in [-0.3, -0.25) is 9.59 Å². The summed E-state index contributed by atoms with van der Waals surface area (Å²) in [6.45, 7) is 3.40. The van der Waals surface area contributed by atoms with Crippen LogP contribution >= 0.6 is 0 Å². The van der Waals surface area contributed by atoms with Gasteiger partial charge in [-0.2, -0.15) is 0 Å². The Balaban J connectivity index is 0.909. The van der Waals surface area contributed by atoms with Gasteiger partial charge in [0, 0.05) is 18.3 Å². The average molecular weight is 737 g/mol. The predicted molar refractivity (Wildman–Crippen MR) is 200 cm³/mol. The molecule has 4 amide bonds. The van der Waals surface area contributed by atoms with E-state index in [1.165, 1.54) is 14.2 Å². The van der Waals surface area contributed by atoms with Crippen LogP contribution in [0, 0.1) is 11.8 Å². The van der Waals surface area contributed by atoms with E-state index >= 15 is 0 Å². The lowest BCUT2D eigenvalue weighted by Crippen LogP contribution is -2.60. The molecule has 3 aliphatic heterocycles. The quantitative estimate of drug-likeness (QED) is 0.213. The Bertz CT molecular complexity index is 1950. The van der Waals surface area contributed by atoms with E-state index in [0.29, 0.717) is 11.8 Å². The summed E-state index contributed by atoms with van der Waals surface area (Å²) in [6, 6.07) is 15.5. The number of aromatic amines is 1. The second-order valence-corrected chi connectivity index (χ2v) is 15.3. The number of piperidine rings is 2. The third-order valence-corrected chi connectivity index (χ3v) is 12.2. The Hall–Kier alpha value is -5.53. The summed E-state index contributed by atoms with van der Waals surface area (Å²) in [5.41, 5.74) is 6.06. The molecule has 2 aliphatic carbocycles. The molecule has 1 unspecified atom stereocenters. The van der Waals surface area contributed by atoms with Gasteiger partial charge in [0.15, 0.2) is 0 Å².